The van der Waals surface area contributed by atoms with Crippen molar-refractivity contribution in [2.45, 2.75) is 90.5 Å². The van der Waals surface area contributed by atoms with Gasteiger partial charge in [0.1, 0.15) is 12.2 Å². The van der Waals surface area contributed by atoms with Gasteiger partial charge in [0.05, 0.1) is 11.2 Å². The van der Waals surface area contributed by atoms with Crippen molar-refractivity contribution in [3.63, 3.8) is 0 Å². The highest BCUT2D eigenvalue weighted by Gasteiger charge is 2.67. The van der Waals surface area contributed by atoms with Crippen LogP contribution in [-0.4, -0.2) is 29.2 Å². The molecule has 3 heteroatoms. The summed E-state index contributed by atoms with van der Waals surface area (Å²) in [6.07, 6.45) is 2.33. The highest BCUT2D eigenvalue weighted by atomic mass is 16.8. The van der Waals surface area contributed by atoms with Gasteiger partial charge < -0.3 is 14.2 Å². The lowest BCUT2D eigenvalue weighted by atomic mass is 9.86. The standard InChI is InChI=1S/C13H22O3.C2H6/c1-8-6-12(4)9-10(13(5,7-8)16-12)15-11(2,3)14-9;1-2/h8-10H,6-7H2,1-5H3;1-2H3/t8?,9?,10?,12-,13?;/m0./s1. The normalized spacial score (nSPS) is 52.5. The van der Waals surface area contributed by atoms with E-state index in [0.29, 0.717) is 5.92 Å². The molecule has 0 aromatic heterocycles. The average molecular weight is 256 g/mol. The quantitative estimate of drug-likeness (QED) is 0.664. The Morgan fingerprint density at radius 3 is 1.61 bits per heavy atom. The van der Waals surface area contributed by atoms with Crippen molar-refractivity contribution in [3.05, 3.63) is 0 Å². The van der Waals surface area contributed by atoms with E-state index >= 15 is 0 Å². The molecular formula is C15H28O3. The van der Waals surface area contributed by atoms with Gasteiger partial charge in [0, 0.05) is 0 Å². The molecule has 0 aliphatic carbocycles. The van der Waals surface area contributed by atoms with E-state index in [-0.39, 0.29) is 23.4 Å². The first-order chi connectivity index (χ1) is 8.24. The average Bonchev–Trinajstić information content (AvgIpc) is 2.62. The van der Waals surface area contributed by atoms with Crippen LogP contribution in [0.15, 0.2) is 0 Å². The molecule has 0 N–H and O–H groups in total. The number of hydrogen-bond acceptors (Lipinski definition) is 3. The van der Waals surface area contributed by atoms with Crippen molar-refractivity contribution >= 4 is 0 Å². The van der Waals surface area contributed by atoms with Crippen molar-refractivity contribution < 1.29 is 14.2 Å². The molecule has 3 aliphatic heterocycles. The maximum absolute atomic E-state index is 6.25. The molecular weight excluding hydrogens is 228 g/mol. The molecule has 0 spiro atoms. The van der Waals surface area contributed by atoms with E-state index in [1.54, 1.807) is 0 Å². The van der Waals surface area contributed by atoms with Gasteiger partial charge in [0.2, 0.25) is 0 Å². The Morgan fingerprint density at radius 1 is 0.833 bits per heavy atom. The van der Waals surface area contributed by atoms with E-state index in [0.717, 1.165) is 12.8 Å². The molecule has 3 fully saturated rings. The fraction of sp³-hybridized carbons (Fsp3) is 1.00. The fourth-order valence-electron chi connectivity index (χ4n) is 4.07. The second-order valence-electron chi connectivity index (χ2n) is 6.72. The van der Waals surface area contributed by atoms with Gasteiger partial charge >= 0.3 is 0 Å². The second kappa shape index (κ2) is 4.19. The summed E-state index contributed by atoms with van der Waals surface area (Å²) in [6.45, 7) is 14.6. The lowest BCUT2D eigenvalue weighted by molar-refractivity contribution is -0.245. The second-order valence-corrected chi connectivity index (χ2v) is 6.72. The highest BCUT2D eigenvalue weighted by molar-refractivity contribution is 5.14. The molecule has 3 saturated heterocycles. The van der Waals surface area contributed by atoms with Crippen LogP contribution >= 0.6 is 0 Å². The van der Waals surface area contributed by atoms with E-state index < -0.39 is 5.79 Å². The van der Waals surface area contributed by atoms with Crippen LogP contribution in [0.4, 0.5) is 0 Å². The molecule has 3 heterocycles. The first-order valence-electron chi connectivity index (χ1n) is 7.30. The van der Waals surface area contributed by atoms with Gasteiger partial charge in [0.25, 0.3) is 0 Å². The summed E-state index contributed by atoms with van der Waals surface area (Å²) in [5.74, 6) is 0.229. The SMILES string of the molecule is CC.CC1CC2(C)O[C@@](C)(C1)C1OC(C)(C)OC12. The molecule has 0 aromatic carbocycles. The van der Waals surface area contributed by atoms with Crippen molar-refractivity contribution in [2.75, 3.05) is 0 Å². The maximum atomic E-state index is 6.25. The Hall–Kier alpha value is -0.120. The Kier molecular flexibility index (Phi) is 3.33. The Labute approximate surface area is 111 Å². The molecule has 5 atom stereocenters. The first kappa shape index (κ1) is 14.3. The third-order valence-corrected chi connectivity index (χ3v) is 4.27. The van der Waals surface area contributed by atoms with E-state index in [4.69, 9.17) is 14.2 Å². The lowest BCUT2D eigenvalue weighted by Crippen LogP contribution is -2.46. The monoisotopic (exact) mass is 256 g/mol. The maximum Gasteiger partial charge on any atom is 0.164 e. The predicted octanol–water partition coefficient (Wildman–Crippen LogP) is 3.51. The summed E-state index contributed by atoms with van der Waals surface area (Å²) < 4.78 is 18.4. The van der Waals surface area contributed by atoms with Crippen LogP contribution in [0.2, 0.25) is 0 Å². The zero-order chi connectivity index (χ0) is 13.8. The molecule has 2 bridgehead atoms. The third kappa shape index (κ3) is 2.00. The third-order valence-electron chi connectivity index (χ3n) is 4.27. The van der Waals surface area contributed by atoms with Gasteiger partial charge in [-0.15, -0.1) is 0 Å². The largest absolute Gasteiger partial charge is 0.363 e. The highest BCUT2D eigenvalue weighted by Crippen LogP contribution is 2.56. The van der Waals surface area contributed by atoms with E-state index in [2.05, 4.69) is 20.8 Å². The van der Waals surface area contributed by atoms with Crippen LogP contribution in [0.1, 0.15) is 61.3 Å². The summed E-state index contributed by atoms with van der Waals surface area (Å²) in [6, 6.07) is 0. The smallest absolute Gasteiger partial charge is 0.164 e. The lowest BCUT2D eigenvalue weighted by Gasteiger charge is -2.42. The van der Waals surface area contributed by atoms with E-state index in [1.165, 1.54) is 0 Å². The molecule has 0 amide bonds. The molecule has 3 nitrogen and oxygen atoms in total. The van der Waals surface area contributed by atoms with Crippen LogP contribution in [0, 0.1) is 5.92 Å². The van der Waals surface area contributed by atoms with Crippen molar-refractivity contribution in [3.8, 4) is 0 Å². The Balaban J connectivity index is 0.000000574. The summed E-state index contributed by atoms with van der Waals surface area (Å²) in [5, 5.41) is 0. The Bertz CT molecular complexity index is 300. The van der Waals surface area contributed by atoms with Crippen molar-refractivity contribution in [2.24, 2.45) is 5.92 Å². The summed E-state index contributed by atoms with van der Waals surface area (Å²) >= 11 is 0. The van der Waals surface area contributed by atoms with Crippen LogP contribution in [0.3, 0.4) is 0 Å². The number of ether oxygens (including phenoxy) is 3. The molecule has 0 aromatic rings. The van der Waals surface area contributed by atoms with Crippen molar-refractivity contribution in [1.82, 2.24) is 0 Å². The minimum Gasteiger partial charge on any atom is -0.363 e. The van der Waals surface area contributed by atoms with Gasteiger partial charge in [-0.05, 0) is 46.5 Å². The number of rotatable bonds is 0. The molecule has 3 rings (SSSR count). The predicted molar refractivity (Wildman–Crippen MR) is 71.5 cm³/mol. The molecule has 106 valence electrons. The molecule has 3 aliphatic rings. The minimum atomic E-state index is -0.456. The molecule has 0 radical (unpaired) electrons. The van der Waals surface area contributed by atoms with E-state index in [1.807, 2.05) is 27.7 Å². The van der Waals surface area contributed by atoms with Crippen molar-refractivity contribution in [1.29, 1.82) is 0 Å². The number of fused-ring (bicyclic) bond motifs is 5. The van der Waals surface area contributed by atoms with Gasteiger partial charge in [-0.3, -0.25) is 0 Å². The molecule has 4 unspecified atom stereocenters. The zero-order valence-corrected chi connectivity index (χ0v) is 12.9. The van der Waals surface area contributed by atoms with Gasteiger partial charge in [-0.1, -0.05) is 20.8 Å². The topological polar surface area (TPSA) is 27.7 Å². The Morgan fingerprint density at radius 2 is 1.22 bits per heavy atom. The number of hydrogen-bond donors (Lipinski definition) is 0. The minimum absolute atomic E-state index is 0.0949. The van der Waals surface area contributed by atoms with Gasteiger partial charge in [-0.25, -0.2) is 0 Å². The van der Waals surface area contributed by atoms with Gasteiger partial charge in [-0.2, -0.15) is 0 Å². The van der Waals surface area contributed by atoms with Crippen LogP contribution < -0.4 is 0 Å². The first-order valence-corrected chi connectivity index (χ1v) is 7.30. The summed E-state index contributed by atoms with van der Waals surface area (Å²) in [7, 11) is 0. The van der Waals surface area contributed by atoms with Crippen LogP contribution in [0.25, 0.3) is 0 Å². The molecule has 18 heavy (non-hydrogen) atoms. The summed E-state index contributed by atoms with van der Waals surface area (Å²) in [4.78, 5) is 0. The zero-order valence-electron chi connectivity index (χ0n) is 12.9. The van der Waals surface area contributed by atoms with Crippen LogP contribution in [-0.2, 0) is 14.2 Å². The fourth-order valence-corrected chi connectivity index (χ4v) is 4.07. The molecule has 0 saturated carbocycles. The summed E-state index contributed by atoms with van der Waals surface area (Å²) in [5.41, 5.74) is -0.324. The van der Waals surface area contributed by atoms with Gasteiger partial charge in [0.15, 0.2) is 5.79 Å². The van der Waals surface area contributed by atoms with Crippen LogP contribution in [0.5, 0.6) is 0 Å². The van der Waals surface area contributed by atoms with E-state index in [9.17, 15) is 0 Å².